The van der Waals surface area contributed by atoms with Crippen molar-refractivity contribution in [2.24, 2.45) is 11.3 Å². The maximum atomic E-state index is 14.0. The number of benzene rings is 4. The molecule has 3 heterocycles. The molecule has 1 fully saturated rings. The molecule has 1 saturated heterocycles. The second-order valence-corrected chi connectivity index (χ2v) is 13.2. The van der Waals surface area contributed by atoms with Crippen LogP contribution in [0.4, 0.5) is 0 Å². The number of hydrogen-bond acceptors (Lipinski definition) is 8. The summed E-state index contributed by atoms with van der Waals surface area (Å²) < 4.78 is 17.8. The van der Waals surface area contributed by atoms with Gasteiger partial charge in [0.05, 0.1) is 29.2 Å². The van der Waals surface area contributed by atoms with E-state index in [9.17, 15) is 9.59 Å². The molecule has 2 atom stereocenters. The number of likely N-dealkylation sites (tertiary alicyclic amines) is 1. The molecule has 0 spiro atoms. The molecule has 8 heteroatoms. The van der Waals surface area contributed by atoms with Crippen molar-refractivity contribution in [2.75, 3.05) is 19.7 Å². The molecule has 1 aliphatic rings. The molecular formula is C44H41N3O5. The topological polar surface area (TPSA) is 90.9 Å². The molecule has 0 N–H and O–H groups in total. The molecule has 0 radical (unpaired) electrons. The van der Waals surface area contributed by atoms with Gasteiger partial charge in [-0.25, -0.2) is 9.97 Å². The van der Waals surface area contributed by atoms with Gasteiger partial charge in [0.25, 0.3) is 0 Å². The van der Waals surface area contributed by atoms with Crippen LogP contribution in [0.25, 0.3) is 22.2 Å². The third kappa shape index (κ3) is 7.87. The van der Waals surface area contributed by atoms with Gasteiger partial charge < -0.3 is 14.2 Å². The molecule has 1 aliphatic heterocycles. The van der Waals surface area contributed by atoms with Gasteiger partial charge in [0, 0.05) is 48.4 Å². The Bertz CT molecular complexity index is 2110. The summed E-state index contributed by atoms with van der Waals surface area (Å²) in [5.74, 6) is -1.12. The second-order valence-electron chi connectivity index (χ2n) is 13.2. The molecule has 0 unspecified atom stereocenters. The minimum atomic E-state index is -1.17. The molecule has 262 valence electrons. The molecular weight excluding hydrogens is 651 g/mol. The molecule has 2 aromatic heterocycles. The van der Waals surface area contributed by atoms with Crippen LogP contribution in [0.1, 0.15) is 29.2 Å². The van der Waals surface area contributed by atoms with Crippen molar-refractivity contribution in [3.05, 3.63) is 162 Å². The summed E-state index contributed by atoms with van der Waals surface area (Å²) >= 11 is 0. The Hall–Kier alpha value is -5.86. The predicted molar refractivity (Wildman–Crippen MR) is 200 cm³/mol. The van der Waals surface area contributed by atoms with Crippen LogP contribution < -0.4 is 4.74 Å². The van der Waals surface area contributed by atoms with Crippen LogP contribution in [0.2, 0.25) is 0 Å². The summed E-state index contributed by atoms with van der Waals surface area (Å²) in [5, 5.41) is 1.02. The highest BCUT2D eigenvalue weighted by Crippen LogP contribution is 2.42. The summed E-state index contributed by atoms with van der Waals surface area (Å²) in [6.45, 7) is 3.70. The number of fused-ring (bicyclic) bond motifs is 1. The van der Waals surface area contributed by atoms with E-state index in [2.05, 4.69) is 16.0 Å². The Kier molecular flexibility index (Phi) is 10.6. The van der Waals surface area contributed by atoms with Crippen LogP contribution in [0.15, 0.2) is 140 Å². The van der Waals surface area contributed by atoms with Crippen LogP contribution in [0.5, 0.6) is 5.88 Å². The molecule has 52 heavy (non-hydrogen) atoms. The molecule has 6 aromatic rings. The number of ether oxygens (including phenoxy) is 3. The average molecular weight is 692 g/mol. The fraction of sp³-hybridized carbons (Fsp3) is 0.227. The first-order chi connectivity index (χ1) is 25.5. The number of carbonyl (C=O) groups excluding carboxylic acids is 2. The number of esters is 2. The number of nitrogens with zero attached hydrogens (tertiary/aromatic N) is 3. The molecule has 0 bridgehead atoms. The van der Waals surface area contributed by atoms with Gasteiger partial charge >= 0.3 is 11.9 Å². The average Bonchev–Trinajstić information content (AvgIpc) is 3.56. The van der Waals surface area contributed by atoms with Crippen molar-refractivity contribution in [1.29, 1.82) is 0 Å². The van der Waals surface area contributed by atoms with E-state index in [0.717, 1.165) is 44.4 Å². The normalized spacial score (nSPS) is 17.1. The third-order valence-corrected chi connectivity index (χ3v) is 9.62. The van der Waals surface area contributed by atoms with E-state index in [4.69, 9.17) is 19.2 Å². The Morgan fingerprint density at radius 2 is 1.46 bits per heavy atom. The van der Waals surface area contributed by atoms with E-state index >= 15 is 0 Å². The zero-order valence-electron chi connectivity index (χ0n) is 29.2. The van der Waals surface area contributed by atoms with Gasteiger partial charge in [-0.2, -0.15) is 0 Å². The zero-order chi connectivity index (χ0) is 35.8. The molecule has 0 aliphatic carbocycles. The van der Waals surface area contributed by atoms with E-state index in [1.54, 1.807) is 13.1 Å². The SMILES string of the molecule is CCOC(=O)[C@@]1(Cc2ccc(OCc3cc(-c4ccccc4)nc4ccccc34)nc2)CN(Cc2ccccc2)C[C@@H]1C(=O)OCc1ccccc1. The fourth-order valence-electron chi connectivity index (χ4n) is 7.07. The van der Waals surface area contributed by atoms with Crippen molar-refractivity contribution in [3.8, 4) is 17.1 Å². The van der Waals surface area contributed by atoms with Crippen LogP contribution in [0.3, 0.4) is 0 Å². The maximum absolute atomic E-state index is 14.0. The van der Waals surface area contributed by atoms with Crippen LogP contribution in [-0.4, -0.2) is 46.5 Å². The number of carbonyl (C=O) groups is 2. The number of hydrogen-bond donors (Lipinski definition) is 0. The third-order valence-electron chi connectivity index (χ3n) is 9.62. The standard InChI is InChI=1S/C44H41N3O5/c1-2-50-43(49)44(31-47(27-32-14-6-3-7-15-32)28-38(44)42(48)52-29-33-16-8-4-9-17-33)25-34-22-23-41(45-26-34)51-30-36-24-40(35-18-10-5-11-19-35)46-39-21-13-12-20-37(36)39/h3-24,26,38H,2,25,27-31H2,1H3/t38-,44+/m1/s1. The van der Waals surface area contributed by atoms with Crippen LogP contribution >= 0.6 is 0 Å². The van der Waals surface area contributed by atoms with Crippen molar-refractivity contribution in [2.45, 2.75) is 33.1 Å². The quantitative estimate of drug-likeness (QED) is 0.113. The largest absolute Gasteiger partial charge is 0.473 e. The maximum Gasteiger partial charge on any atom is 0.314 e. The minimum absolute atomic E-state index is 0.126. The summed E-state index contributed by atoms with van der Waals surface area (Å²) in [6, 6.07) is 43.5. The lowest BCUT2D eigenvalue weighted by Crippen LogP contribution is -2.45. The van der Waals surface area contributed by atoms with Gasteiger partial charge in [-0.15, -0.1) is 0 Å². The molecule has 0 saturated carbocycles. The lowest BCUT2D eigenvalue weighted by molar-refractivity contribution is -0.167. The Morgan fingerprint density at radius 1 is 0.769 bits per heavy atom. The smallest absolute Gasteiger partial charge is 0.314 e. The van der Waals surface area contributed by atoms with Crippen molar-refractivity contribution >= 4 is 22.8 Å². The Morgan fingerprint density at radius 3 is 2.17 bits per heavy atom. The van der Waals surface area contributed by atoms with Gasteiger partial charge in [0.15, 0.2) is 0 Å². The lowest BCUT2D eigenvalue weighted by Gasteiger charge is -2.31. The number of pyridine rings is 2. The van der Waals surface area contributed by atoms with Gasteiger partial charge in [-0.05, 0) is 42.2 Å². The van der Waals surface area contributed by atoms with E-state index in [1.807, 2.05) is 127 Å². The predicted octanol–water partition coefficient (Wildman–Crippen LogP) is 7.84. The Balaban J connectivity index is 1.13. The molecule has 7 rings (SSSR count). The highest BCUT2D eigenvalue weighted by molar-refractivity contribution is 5.87. The van der Waals surface area contributed by atoms with E-state index in [0.29, 0.717) is 32.1 Å². The van der Waals surface area contributed by atoms with Crippen LogP contribution in [0, 0.1) is 11.3 Å². The molecule has 0 amide bonds. The molecule has 8 nitrogen and oxygen atoms in total. The fourth-order valence-corrected chi connectivity index (χ4v) is 7.07. The van der Waals surface area contributed by atoms with E-state index in [1.165, 1.54) is 0 Å². The Labute approximate surface area is 304 Å². The monoisotopic (exact) mass is 691 g/mol. The first-order valence-electron chi connectivity index (χ1n) is 17.7. The minimum Gasteiger partial charge on any atom is -0.473 e. The first-order valence-corrected chi connectivity index (χ1v) is 17.7. The highest BCUT2D eigenvalue weighted by atomic mass is 16.5. The zero-order valence-corrected chi connectivity index (χ0v) is 29.2. The van der Waals surface area contributed by atoms with Gasteiger partial charge in [0.1, 0.15) is 13.2 Å². The van der Waals surface area contributed by atoms with Gasteiger partial charge in [-0.1, -0.05) is 115 Å². The van der Waals surface area contributed by atoms with Crippen molar-refractivity contribution < 1.29 is 23.8 Å². The summed E-state index contributed by atoms with van der Waals surface area (Å²) in [7, 11) is 0. The van der Waals surface area contributed by atoms with Crippen LogP contribution in [-0.2, 0) is 45.2 Å². The van der Waals surface area contributed by atoms with Crippen molar-refractivity contribution in [3.63, 3.8) is 0 Å². The summed E-state index contributed by atoms with van der Waals surface area (Å²) in [6.07, 6.45) is 1.98. The number of para-hydroxylation sites is 1. The second kappa shape index (κ2) is 16.0. The number of aromatic nitrogens is 2. The van der Waals surface area contributed by atoms with E-state index < -0.39 is 23.3 Å². The van der Waals surface area contributed by atoms with E-state index in [-0.39, 0.29) is 19.6 Å². The summed E-state index contributed by atoms with van der Waals surface area (Å²) in [5.41, 5.74) is 5.40. The highest BCUT2D eigenvalue weighted by Gasteiger charge is 2.57. The molecule has 4 aromatic carbocycles. The van der Waals surface area contributed by atoms with Gasteiger partial charge in [-0.3, -0.25) is 14.5 Å². The van der Waals surface area contributed by atoms with Gasteiger partial charge in [0.2, 0.25) is 5.88 Å². The number of rotatable bonds is 13. The lowest BCUT2D eigenvalue weighted by atomic mass is 9.73. The summed E-state index contributed by atoms with van der Waals surface area (Å²) in [4.78, 5) is 39.6. The first kappa shape index (κ1) is 34.6. The van der Waals surface area contributed by atoms with Crippen molar-refractivity contribution in [1.82, 2.24) is 14.9 Å².